The Hall–Kier alpha value is -2.14. The zero-order valence-electron chi connectivity index (χ0n) is 16.1. The molecule has 0 unspecified atom stereocenters. The van der Waals surface area contributed by atoms with E-state index in [1.807, 2.05) is 42.5 Å². The average molecular weight is 420 g/mol. The van der Waals surface area contributed by atoms with E-state index in [9.17, 15) is 0 Å². The number of thioether (sulfide) groups is 1. The first-order valence-electron chi connectivity index (χ1n) is 9.98. The number of aromatic nitrogens is 2. The van der Waals surface area contributed by atoms with Gasteiger partial charge >= 0.3 is 0 Å². The summed E-state index contributed by atoms with van der Waals surface area (Å²) in [4.78, 5) is 12.7. The Labute approximate surface area is 180 Å². The number of likely N-dealkylation sites (tertiary alicyclic amines) is 1. The standard InChI is InChI=1S/C24H22ClN3S/c25-20-3-4-21-22(14-20)29-16-19-2-1-9-27-24(19)23(21)18-7-12-28(13-8-18)15-17-5-10-26-11-6-17/h1-6,9-11,14H,7-8,12-13,15-16H2. The van der Waals surface area contributed by atoms with E-state index >= 15 is 0 Å². The van der Waals surface area contributed by atoms with Crippen LogP contribution in [0.2, 0.25) is 5.02 Å². The van der Waals surface area contributed by atoms with Gasteiger partial charge in [-0.25, -0.2) is 0 Å². The molecule has 0 N–H and O–H groups in total. The fraction of sp³-hybridized carbons (Fsp3) is 0.250. The minimum atomic E-state index is 0.798. The van der Waals surface area contributed by atoms with Crippen molar-refractivity contribution in [1.82, 2.24) is 14.9 Å². The summed E-state index contributed by atoms with van der Waals surface area (Å²) in [5.74, 6) is 0.932. The number of fused-ring (bicyclic) bond motifs is 2. The van der Waals surface area contributed by atoms with Crippen LogP contribution in [0.25, 0.3) is 5.57 Å². The highest BCUT2D eigenvalue weighted by molar-refractivity contribution is 7.98. The smallest absolute Gasteiger partial charge is 0.0748 e. The second-order valence-corrected chi connectivity index (χ2v) is 9.00. The first-order chi connectivity index (χ1) is 14.3. The highest BCUT2D eigenvalue weighted by Crippen LogP contribution is 2.43. The number of hydrogen-bond acceptors (Lipinski definition) is 4. The lowest BCUT2D eigenvalue weighted by atomic mass is 9.89. The average Bonchev–Trinajstić information content (AvgIpc) is 2.92. The third-order valence-corrected chi connectivity index (χ3v) is 7.03. The zero-order chi connectivity index (χ0) is 19.6. The predicted octanol–water partition coefficient (Wildman–Crippen LogP) is 5.83. The summed E-state index contributed by atoms with van der Waals surface area (Å²) in [7, 11) is 0. The fourth-order valence-electron chi connectivity index (χ4n) is 4.22. The molecule has 0 radical (unpaired) electrons. The topological polar surface area (TPSA) is 29.0 Å². The van der Waals surface area contributed by atoms with Gasteiger partial charge < -0.3 is 0 Å². The number of hydrogen-bond donors (Lipinski definition) is 0. The van der Waals surface area contributed by atoms with Gasteiger partial charge in [-0.15, -0.1) is 11.8 Å². The molecule has 5 heteroatoms. The van der Waals surface area contributed by atoms with Crippen LogP contribution in [-0.2, 0) is 12.3 Å². The number of piperidine rings is 1. The fourth-order valence-corrected chi connectivity index (χ4v) is 5.54. The number of pyridine rings is 2. The van der Waals surface area contributed by atoms with Crippen LogP contribution in [-0.4, -0.2) is 28.0 Å². The van der Waals surface area contributed by atoms with Gasteiger partial charge in [0.2, 0.25) is 0 Å². The Bertz CT molecular complexity index is 1050. The Morgan fingerprint density at radius 2 is 1.83 bits per heavy atom. The number of rotatable bonds is 2. The Balaban J connectivity index is 1.49. The molecule has 2 aliphatic heterocycles. The Morgan fingerprint density at radius 1 is 1.00 bits per heavy atom. The first-order valence-corrected chi connectivity index (χ1v) is 11.3. The van der Waals surface area contributed by atoms with Crippen molar-refractivity contribution in [3.8, 4) is 0 Å². The minimum absolute atomic E-state index is 0.798. The Morgan fingerprint density at radius 3 is 2.66 bits per heavy atom. The highest BCUT2D eigenvalue weighted by atomic mass is 35.5. The van der Waals surface area contributed by atoms with Crippen LogP contribution < -0.4 is 0 Å². The summed E-state index contributed by atoms with van der Waals surface area (Å²) < 4.78 is 0. The summed E-state index contributed by atoms with van der Waals surface area (Å²) in [6.45, 7) is 3.13. The van der Waals surface area contributed by atoms with Gasteiger partial charge in [-0.05, 0) is 59.9 Å². The molecular weight excluding hydrogens is 398 g/mol. The van der Waals surface area contributed by atoms with E-state index in [1.54, 1.807) is 0 Å². The lowest BCUT2D eigenvalue weighted by Crippen LogP contribution is -2.30. The van der Waals surface area contributed by atoms with Crippen LogP contribution in [0.3, 0.4) is 0 Å². The normalized spacial score (nSPS) is 16.9. The molecule has 0 spiro atoms. The van der Waals surface area contributed by atoms with E-state index in [0.717, 1.165) is 48.9 Å². The molecule has 0 amide bonds. The number of halogens is 1. The second-order valence-electron chi connectivity index (χ2n) is 7.55. The van der Waals surface area contributed by atoms with Gasteiger partial charge in [0.05, 0.1) is 5.69 Å². The third-order valence-electron chi connectivity index (χ3n) is 5.69. The summed E-state index contributed by atoms with van der Waals surface area (Å²) in [5, 5.41) is 0.798. The van der Waals surface area contributed by atoms with E-state index in [1.165, 1.54) is 32.7 Å². The molecule has 0 aliphatic carbocycles. The van der Waals surface area contributed by atoms with Crippen LogP contribution >= 0.6 is 23.4 Å². The molecule has 29 heavy (non-hydrogen) atoms. The lowest BCUT2D eigenvalue weighted by molar-refractivity contribution is 0.248. The van der Waals surface area contributed by atoms with Crippen molar-refractivity contribution in [2.24, 2.45) is 0 Å². The van der Waals surface area contributed by atoms with E-state index in [0.29, 0.717) is 0 Å². The molecule has 1 fully saturated rings. The van der Waals surface area contributed by atoms with Crippen molar-refractivity contribution >= 4 is 28.9 Å². The maximum absolute atomic E-state index is 6.31. The summed E-state index contributed by atoms with van der Waals surface area (Å²) in [6.07, 6.45) is 7.82. The molecule has 0 bridgehead atoms. The zero-order valence-corrected chi connectivity index (χ0v) is 17.7. The van der Waals surface area contributed by atoms with Crippen LogP contribution in [0.1, 0.15) is 35.2 Å². The second kappa shape index (κ2) is 8.31. The maximum Gasteiger partial charge on any atom is 0.0748 e. The molecule has 0 atom stereocenters. The predicted molar refractivity (Wildman–Crippen MR) is 120 cm³/mol. The van der Waals surface area contributed by atoms with Gasteiger partial charge in [-0.2, -0.15) is 0 Å². The molecular formula is C24H22ClN3S. The molecule has 3 aromatic rings. The minimum Gasteiger partial charge on any atom is -0.298 e. The lowest BCUT2D eigenvalue weighted by Gasteiger charge is -2.30. The molecule has 4 heterocycles. The van der Waals surface area contributed by atoms with Crippen LogP contribution in [0, 0.1) is 0 Å². The van der Waals surface area contributed by atoms with Crippen LogP contribution in [0.5, 0.6) is 0 Å². The van der Waals surface area contributed by atoms with Crippen molar-refractivity contribution in [3.05, 3.63) is 94.0 Å². The van der Waals surface area contributed by atoms with Gasteiger partial charge in [0.1, 0.15) is 0 Å². The van der Waals surface area contributed by atoms with Gasteiger partial charge in [0.15, 0.2) is 0 Å². The molecule has 0 saturated carbocycles. The molecule has 1 saturated heterocycles. The number of nitrogens with zero attached hydrogens (tertiary/aromatic N) is 3. The summed E-state index contributed by atoms with van der Waals surface area (Å²) in [5.41, 5.74) is 7.93. The Kier molecular flexibility index (Phi) is 5.40. The molecule has 2 aromatic heterocycles. The van der Waals surface area contributed by atoms with Gasteiger partial charge in [0, 0.05) is 59.5 Å². The van der Waals surface area contributed by atoms with E-state index in [-0.39, 0.29) is 0 Å². The largest absolute Gasteiger partial charge is 0.298 e. The molecule has 3 nitrogen and oxygen atoms in total. The summed E-state index contributed by atoms with van der Waals surface area (Å²) >= 11 is 8.18. The van der Waals surface area contributed by atoms with Crippen molar-refractivity contribution < 1.29 is 0 Å². The monoisotopic (exact) mass is 419 g/mol. The van der Waals surface area contributed by atoms with Crippen molar-refractivity contribution in [1.29, 1.82) is 0 Å². The van der Waals surface area contributed by atoms with Crippen LogP contribution in [0.15, 0.2) is 71.5 Å². The molecule has 146 valence electrons. The number of benzene rings is 1. The van der Waals surface area contributed by atoms with E-state index in [4.69, 9.17) is 16.6 Å². The van der Waals surface area contributed by atoms with Gasteiger partial charge in [-0.3, -0.25) is 14.9 Å². The van der Waals surface area contributed by atoms with E-state index < -0.39 is 0 Å². The van der Waals surface area contributed by atoms with Crippen molar-refractivity contribution in [2.75, 3.05) is 13.1 Å². The van der Waals surface area contributed by atoms with Crippen molar-refractivity contribution in [2.45, 2.75) is 30.0 Å². The first kappa shape index (κ1) is 18.9. The van der Waals surface area contributed by atoms with E-state index in [2.05, 4.69) is 40.2 Å². The maximum atomic E-state index is 6.31. The molecule has 2 aliphatic rings. The summed E-state index contributed by atoms with van der Waals surface area (Å²) in [6, 6.07) is 14.8. The third kappa shape index (κ3) is 3.97. The van der Waals surface area contributed by atoms with Gasteiger partial charge in [0.25, 0.3) is 0 Å². The SMILES string of the molecule is Clc1ccc2c(c1)SCc1cccnc1C2=C1CCN(Cc2ccncc2)CC1. The molecule has 1 aromatic carbocycles. The van der Waals surface area contributed by atoms with Gasteiger partial charge in [-0.1, -0.05) is 29.3 Å². The molecule has 5 rings (SSSR count). The van der Waals surface area contributed by atoms with Crippen LogP contribution in [0.4, 0.5) is 0 Å². The highest BCUT2D eigenvalue weighted by Gasteiger charge is 2.25. The quantitative estimate of drug-likeness (QED) is 0.522. The van der Waals surface area contributed by atoms with Crippen molar-refractivity contribution in [3.63, 3.8) is 0 Å².